The van der Waals surface area contributed by atoms with Gasteiger partial charge in [0.1, 0.15) is 5.65 Å². The van der Waals surface area contributed by atoms with Crippen LogP contribution in [0.25, 0.3) is 5.65 Å². The number of pyridine rings is 1. The van der Waals surface area contributed by atoms with Crippen LogP contribution in [0.15, 0.2) is 84.0 Å². The smallest absolute Gasteiger partial charge is 0.255 e. The molecule has 33 heavy (non-hydrogen) atoms. The Morgan fingerprint density at radius 2 is 1.76 bits per heavy atom. The molecule has 0 unspecified atom stereocenters. The van der Waals surface area contributed by atoms with Gasteiger partial charge in [-0.15, -0.1) is 11.8 Å². The third kappa shape index (κ3) is 5.64. The maximum Gasteiger partial charge on any atom is 0.255 e. The summed E-state index contributed by atoms with van der Waals surface area (Å²) in [6.07, 6.45) is 7.77. The van der Waals surface area contributed by atoms with Crippen molar-refractivity contribution >= 4 is 29.0 Å². The minimum Gasteiger partial charge on any atom is -0.322 e. The number of likely N-dealkylation sites (tertiary alicyclic amines) is 1. The highest BCUT2D eigenvalue weighted by Crippen LogP contribution is 2.23. The van der Waals surface area contributed by atoms with Gasteiger partial charge in [-0.2, -0.15) is 0 Å². The molecule has 2 aromatic carbocycles. The highest BCUT2D eigenvalue weighted by atomic mass is 32.2. The molecule has 3 heterocycles. The molecule has 1 fully saturated rings. The number of hydrogen-bond donors (Lipinski definition) is 1. The predicted molar refractivity (Wildman–Crippen MR) is 135 cm³/mol. The molecule has 5 rings (SSSR count). The zero-order valence-corrected chi connectivity index (χ0v) is 19.4. The van der Waals surface area contributed by atoms with Crippen LogP contribution in [0.3, 0.4) is 0 Å². The zero-order chi connectivity index (χ0) is 22.5. The first-order chi connectivity index (χ1) is 16.2. The van der Waals surface area contributed by atoms with Gasteiger partial charge in [0.05, 0.1) is 5.69 Å². The number of imidazole rings is 1. The van der Waals surface area contributed by atoms with E-state index in [-0.39, 0.29) is 5.91 Å². The minimum absolute atomic E-state index is 0.0864. The Balaban J connectivity index is 1.12. The van der Waals surface area contributed by atoms with Crippen LogP contribution < -0.4 is 5.32 Å². The summed E-state index contributed by atoms with van der Waals surface area (Å²) in [7, 11) is 0. The fourth-order valence-corrected chi connectivity index (χ4v) is 4.95. The van der Waals surface area contributed by atoms with Gasteiger partial charge < -0.3 is 14.6 Å². The third-order valence-electron chi connectivity index (χ3n) is 6.04. The highest BCUT2D eigenvalue weighted by molar-refractivity contribution is 7.98. The average molecular weight is 457 g/mol. The Labute approximate surface area is 198 Å². The van der Waals surface area contributed by atoms with Crippen molar-refractivity contribution in [1.29, 1.82) is 0 Å². The quantitative estimate of drug-likeness (QED) is 0.355. The maximum absolute atomic E-state index is 12.7. The Hall–Kier alpha value is -3.09. The molecule has 0 saturated carbocycles. The molecule has 2 aromatic heterocycles. The summed E-state index contributed by atoms with van der Waals surface area (Å²) in [5.74, 6) is 0.703. The van der Waals surface area contributed by atoms with Gasteiger partial charge in [-0.1, -0.05) is 18.2 Å². The van der Waals surface area contributed by atoms with Crippen molar-refractivity contribution in [2.45, 2.75) is 29.9 Å². The van der Waals surface area contributed by atoms with E-state index in [9.17, 15) is 4.79 Å². The van der Waals surface area contributed by atoms with Gasteiger partial charge in [0, 0.05) is 40.8 Å². The van der Waals surface area contributed by atoms with Crippen molar-refractivity contribution < 1.29 is 4.79 Å². The van der Waals surface area contributed by atoms with Gasteiger partial charge in [0.2, 0.25) is 0 Å². The number of nitrogens with one attached hydrogen (secondary N) is 1. The number of carbonyl (C=O) groups excluding carboxylic acids is 1. The lowest BCUT2D eigenvalue weighted by Gasteiger charge is -2.14. The van der Waals surface area contributed by atoms with Gasteiger partial charge in [0.25, 0.3) is 5.91 Å². The molecule has 6 heteroatoms. The minimum atomic E-state index is -0.0864. The van der Waals surface area contributed by atoms with Gasteiger partial charge in [-0.05, 0) is 86.4 Å². The van der Waals surface area contributed by atoms with Crippen molar-refractivity contribution in [1.82, 2.24) is 14.3 Å². The van der Waals surface area contributed by atoms with Gasteiger partial charge in [-0.25, -0.2) is 4.98 Å². The second kappa shape index (κ2) is 10.2. The molecule has 1 amide bonds. The number of anilines is 1. The molecule has 168 valence electrons. The first kappa shape index (κ1) is 21.7. The molecular formula is C27H28N4OS. The normalized spacial score (nSPS) is 14.1. The molecule has 1 aliphatic heterocycles. The monoisotopic (exact) mass is 456 g/mol. The lowest BCUT2D eigenvalue weighted by Crippen LogP contribution is -2.21. The molecule has 0 spiro atoms. The van der Waals surface area contributed by atoms with E-state index in [4.69, 9.17) is 0 Å². The summed E-state index contributed by atoms with van der Waals surface area (Å²) in [6, 6.07) is 22.0. The number of hydrogen-bond acceptors (Lipinski definition) is 4. The fraction of sp³-hybridized carbons (Fsp3) is 0.259. The number of carbonyl (C=O) groups is 1. The van der Waals surface area contributed by atoms with E-state index in [0.29, 0.717) is 5.56 Å². The van der Waals surface area contributed by atoms with E-state index in [1.807, 2.05) is 65.2 Å². The second-order valence-electron chi connectivity index (χ2n) is 8.46. The lowest BCUT2D eigenvalue weighted by molar-refractivity contribution is 0.102. The van der Waals surface area contributed by atoms with E-state index in [0.717, 1.165) is 40.6 Å². The highest BCUT2D eigenvalue weighted by Gasteiger charge is 2.11. The van der Waals surface area contributed by atoms with E-state index >= 15 is 0 Å². The Morgan fingerprint density at radius 3 is 2.52 bits per heavy atom. The molecule has 4 aromatic rings. The summed E-state index contributed by atoms with van der Waals surface area (Å²) in [5, 5.41) is 3.01. The van der Waals surface area contributed by atoms with Crippen LogP contribution in [0.1, 0.15) is 34.5 Å². The third-order valence-corrected chi connectivity index (χ3v) is 7.09. The lowest BCUT2D eigenvalue weighted by atomic mass is 10.1. The standard InChI is InChI=1S/C27H28N4OS/c32-27(29-23-10-6-21(7-11-23)14-18-30-15-3-4-16-30)22-8-12-25(13-9-22)33-20-24-19-31-17-2-1-5-26(31)28-24/h1-2,5-13,17,19H,3-4,14-16,18,20H2,(H,29,32). The van der Waals surface area contributed by atoms with Crippen LogP contribution in [0.4, 0.5) is 5.69 Å². The van der Waals surface area contributed by atoms with Crippen molar-refractivity contribution in [3.05, 3.63) is 95.9 Å². The summed E-state index contributed by atoms with van der Waals surface area (Å²) in [5.41, 5.74) is 4.80. The summed E-state index contributed by atoms with van der Waals surface area (Å²) in [4.78, 5) is 20.9. The van der Waals surface area contributed by atoms with Crippen LogP contribution >= 0.6 is 11.8 Å². The molecule has 1 N–H and O–H groups in total. The number of amides is 1. The van der Waals surface area contributed by atoms with Crippen molar-refractivity contribution in [3.63, 3.8) is 0 Å². The maximum atomic E-state index is 12.7. The molecule has 0 atom stereocenters. The Bertz CT molecular complexity index is 1180. The Kier molecular flexibility index (Phi) is 6.74. The van der Waals surface area contributed by atoms with Crippen LogP contribution in [-0.2, 0) is 12.2 Å². The number of aromatic nitrogens is 2. The van der Waals surface area contributed by atoms with Gasteiger partial charge >= 0.3 is 0 Å². The molecule has 1 saturated heterocycles. The number of fused-ring (bicyclic) bond motifs is 1. The molecule has 0 radical (unpaired) electrons. The zero-order valence-electron chi connectivity index (χ0n) is 18.6. The topological polar surface area (TPSA) is 49.6 Å². The molecule has 1 aliphatic rings. The number of thioether (sulfide) groups is 1. The largest absolute Gasteiger partial charge is 0.322 e. The van der Waals surface area contributed by atoms with E-state index in [1.165, 1.54) is 31.5 Å². The molecular weight excluding hydrogens is 428 g/mol. The molecule has 0 bridgehead atoms. The van der Waals surface area contributed by atoms with Crippen LogP contribution in [-0.4, -0.2) is 39.8 Å². The van der Waals surface area contributed by atoms with Crippen LogP contribution in [0, 0.1) is 0 Å². The molecule has 5 nitrogen and oxygen atoms in total. The van der Waals surface area contributed by atoms with E-state index in [1.54, 1.807) is 11.8 Å². The Morgan fingerprint density at radius 1 is 0.970 bits per heavy atom. The summed E-state index contributed by atoms with van der Waals surface area (Å²) in [6.45, 7) is 3.57. The van der Waals surface area contributed by atoms with E-state index < -0.39 is 0 Å². The van der Waals surface area contributed by atoms with Crippen molar-refractivity contribution in [2.75, 3.05) is 25.0 Å². The first-order valence-corrected chi connectivity index (χ1v) is 12.5. The summed E-state index contributed by atoms with van der Waals surface area (Å²) >= 11 is 1.72. The molecule has 0 aliphatic carbocycles. The van der Waals surface area contributed by atoms with Gasteiger partial charge in [0.15, 0.2) is 0 Å². The second-order valence-corrected chi connectivity index (χ2v) is 9.51. The van der Waals surface area contributed by atoms with E-state index in [2.05, 4.69) is 33.5 Å². The number of benzene rings is 2. The first-order valence-electron chi connectivity index (χ1n) is 11.5. The predicted octanol–water partition coefficient (Wildman–Crippen LogP) is 5.52. The van der Waals surface area contributed by atoms with Crippen molar-refractivity contribution in [3.8, 4) is 0 Å². The van der Waals surface area contributed by atoms with Gasteiger partial charge in [-0.3, -0.25) is 4.79 Å². The van der Waals surface area contributed by atoms with Crippen LogP contribution in [0.2, 0.25) is 0 Å². The number of nitrogens with zero attached hydrogens (tertiary/aromatic N) is 3. The number of rotatable bonds is 8. The van der Waals surface area contributed by atoms with Crippen LogP contribution in [0.5, 0.6) is 0 Å². The average Bonchev–Trinajstić information content (AvgIpc) is 3.52. The summed E-state index contributed by atoms with van der Waals surface area (Å²) < 4.78 is 2.03. The van der Waals surface area contributed by atoms with Crippen molar-refractivity contribution in [2.24, 2.45) is 0 Å². The fourth-order valence-electron chi connectivity index (χ4n) is 4.17. The SMILES string of the molecule is O=C(Nc1ccc(CCN2CCCC2)cc1)c1ccc(SCc2cn3ccccc3n2)cc1.